The normalized spacial score (nSPS) is 10.2. The number of methoxy groups -OCH3 is 2. The number of phenols is 1. The van der Waals surface area contributed by atoms with Gasteiger partial charge in [-0.15, -0.1) is 0 Å². The van der Waals surface area contributed by atoms with E-state index in [4.69, 9.17) is 27.9 Å². The van der Waals surface area contributed by atoms with Crippen LogP contribution in [0.1, 0.15) is 20.7 Å². The Labute approximate surface area is 147 Å². The maximum atomic E-state index is 12.5. The molecule has 0 aromatic heterocycles. The highest BCUT2D eigenvalue weighted by molar-refractivity contribution is 6.37. The van der Waals surface area contributed by atoms with E-state index in [1.165, 1.54) is 44.6 Å². The Hall–Kier alpha value is -2.44. The van der Waals surface area contributed by atoms with Crippen molar-refractivity contribution in [1.29, 1.82) is 0 Å². The van der Waals surface area contributed by atoms with Gasteiger partial charge in [-0.05, 0) is 30.3 Å². The van der Waals surface area contributed by atoms with Gasteiger partial charge in [0, 0.05) is 0 Å². The summed E-state index contributed by atoms with van der Waals surface area (Å²) >= 11 is 12.0. The van der Waals surface area contributed by atoms with Crippen LogP contribution in [0.4, 0.5) is 5.69 Å². The van der Waals surface area contributed by atoms with Crippen molar-refractivity contribution in [3.63, 3.8) is 0 Å². The highest BCUT2D eigenvalue weighted by atomic mass is 35.5. The zero-order valence-corrected chi connectivity index (χ0v) is 14.2. The summed E-state index contributed by atoms with van der Waals surface area (Å²) in [7, 11) is 2.58. The van der Waals surface area contributed by atoms with Crippen molar-refractivity contribution in [2.45, 2.75) is 0 Å². The van der Waals surface area contributed by atoms with Gasteiger partial charge in [0.1, 0.15) is 11.3 Å². The van der Waals surface area contributed by atoms with Gasteiger partial charge in [-0.2, -0.15) is 0 Å². The molecule has 0 saturated heterocycles. The van der Waals surface area contributed by atoms with E-state index in [2.05, 4.69) is 10.1 Å². The van der Waals surface area contributed by atoms with E-state index in [9.17, 15) is 14.7 Å². The molecule has 2 rings (SSSR count). The molecule has 2 N–H and O–H groups in total. The zero-order chi connectivity index (χ0) is 17.9. The molecule has 0 heterocycles. The second kappa shape index (κ2) is 7.42. The second-order valence-corrected chi connectivity index (χ2v) is 5.43. The van der Waals surface area contributed by atoms with Crippen LogP contribution in [0.3, 0.4) is 0 Å². The molecule has 24 heavy (non-hydrogen) atoms. The number of benzene rings is 2. The van der Waals surface area contributed by atoms with E-state index in [-0.39, 0.29) is 38.4 Å². The fourth-order valence-electron chi connectivity index (χ4n) is 2.01. The first-order valence-corrected chi connectivity index (χ1v) is 7.39. The Morgan fingerprint density at radius 3 is 2.33 bits per heavy atom. The lowest BCUT2D eigenvalue weighted by Gasteiger charge is -2.13. The van der Waals surface area contributed by atoms with Gasteiger partial charge >= 0.3 is 5.97 Å². The quantitative estimate of drug-likeness (QED) is 0.633. The number of rotatable bonds is 4. The molecule has 0 aliphatic heterocycles. The van der Waals surface area contributed by atoms with Gasteiger partial charge in [0.05, 0.1) is 35.5 Å². The minimum absolute atomic E-state index is 0.0307. The smallest absolute Gasteiger partial charge is 0.337 e. The van der Waals surface area contributed by atoms with Crippen LogP contribution in [-0.2, 0) is 4.74 Å². The highest BCUT2D eigenvalue weighted by Gasteiger charge is 2.21. The summed E-state index contributed by atoms with van der Waals surface area (Å²) in [5.41, 5.74) is 0.264. The largest absolute Gasteiger partial charge is 0.506 e. The molecule has 6 nitrogen and oxygen atoms in total. The minimum Gasteiger partial charge on any atom is -0.506 e. The number of hydrogen-bond acceptors (Lipinski definition) is 5. The van der Waals surface area contributed by atoms with E-state index in [0.717, 1.165) is 0 Å². The van der Waals surface area contributed by atoms with Crippen molar-refractivity contribution in [1.82, 2.24) is 0 Å². The molecule has 0 radical (unpaired) electrons. The summed E-state index contributed by atoms with van der Waals surface area (Å²) in [5, 5.41) is 12.8. The van der Waals surface area contributed by atoms with Gasteiger partial charge in [-0.1, -0.05) is 23.2 Å². The summed E-state index contributed by atoms with van der Waals surface area (Å²) in [6.45, 7) is 0. The van der Waals surface area contributed by atoms with Crippen molar-refractivity contribution in [2.24, 2.45) is 0 Å². The van der Waals surface area contributed by atoms with E-state index >= 15 is 0 Å². The second-order valence-electron chi connectivity index (χ2n) is 4.62. The molecule has 126 valence electrons. The third kappa shape index (κ3) is 3.55. The van der Waals surface area contributed by atoms with E-state index in [1.54, 1.807) is 0 Å². The van der Waals surface area contributed by atoms with Crippen molar-refractivity contribution in [3.8, 4) is 11.5 Å². The maximum absolute atomic E-state index is 12.5. The molecular weight excluding hydrogens is 357 g/mol. The average molecular weight is 370 g/mol. The number of nitrogens with one attached hydrogen (secondary N) is 1. The van der Waals surface area contributed by atoms with Gasteiger partial charge in [0.2, 0.25) is 0 Å². The minimum atomic E-state index is -0.625. The molecule has 1 amide bonds. The Morgan fingerprint density at radius 1 is 1.08 bits per heavy atom. The zero-order valence-electron chi connectivity index (χ0n) is 12.7. The first kappa shape index (κ1) is 17.9. The monoisotopic (exact) mass is 369 g/mol. The average Bonchev–Trinajstić information content (AvgIpc) is 2.57. The number of aromatic hydroxyl groups is 1. The number of amides is 1. The fraction of sp³-hybridized carbons (Fsp3) is 0.125. The first-order chi connectivity index (χ1) is 11.4. The number of phenolic OH excluding ortho intramolecular Hbond substituents is 1. The Morgan fingerprint density at radius 2 is 1.75 bits per heavy atom. The number of halogens is 2. The van der Waals surface area contributed by atoms with E-state index in [1.807, 2.05) is 0 Å². The summed E-state index contributed by atoms with van der Waals surface area (Å²) in [5.74, 6) is -1.42. The maximum Gasteiger partial charge on any atom is 0.337 e. The first-order valence-electron chi connectivity index (χ1n) is 6.63. The number of hydrogen-bond donors (Lipinski definition) is 2. The number of carbonyl (C=O) groups excluding carboxylic acids is 2. The number of carbonyl (C=O) groups is 2. The molecule has 0 fully saturated rings. The third-order valence-corrected chi connectivity index (χ3v) is 3.77. The van der Waals surface area contributed by atoms with Crippen molar-refractivity contribution < 1.29 is 24.2 Å². The molecule has 2 aromatic carbocycles. The van der Waals surface area contributed by atoms with E-state index in [0.29, 0.717) is 0 Å². The molecule has 0 aliphatic rings. The van der Waals surface area contributed by atoms with Gasteiger partial charge in [0.25, 0.3) is 5.91 Å². The lowest BCUT2D eigenvalue weighted by molar-refractivity contribution is 0.0600. The van der Waals surface area contributed by atoms with Gasteiger partial charge in [0.15, 0.2) is 5.75 Å². The van der Waals surface area contributed by atoms with Crippen molar-refractivity contribution >= 4 is 40.8 Å². The molecule has 0 aliphatic carbocycles. The Balaban J connectivity index is 2.34. The van der Waals surface area contributed by atoms with Crippen LogP contribution in [0.15, 0.2) is 30.3 Å². The Bertz CT molecular complexity index is 807. The van der Waals surface area contributed by atoms with Crippen LogP contribution in [-0.4, -0.2) is 31.2 Å². The number of esters is 1. The molecular formula is C16H13Cl2NO5. The van der Waals surface area contributed by atoms with Crippen LogP contribution in [0, 0.1) is 0 Å². The van der Waals surface area contributed by atoms with Crippen LogP contribution in [0.25, 0.3) is 0 Å². The summed E-state index contributed by atoms with van der Waals surface area (Å²) in [4.78, 5) is 23.9. The standard InChI is InChI=1S/C16H13Cl2NO5/c1-23-14-10(18)5-4-9(17)13(14)15(21)19-11-6-3-8(7-12(11)20)16(22)24-2/h3-7,20H,1-2H3,(H,19,21). The van der Waals surface area contributed by atoms with Crippen molar-refractivity contribution in [2.75, 3.05) is 19.5 Å². The molecule has 0 atom stereocenters. The van der Waals surface area contributed by atoms with Crippen LogP contribution in [0.5, 0.6) is 11.5 Å². The van der Waals surface area contributed by atoms with Crippen molar-refractivity contribution in [3.05, 3.63) is 51.5 Å². The fourth-order valence-corrected chi connectivity index (χ4v) is 2.48. The van der Waals surface area contributed by atoms with Crippen LogP contribution < -0.4 is 10.1 Å². The molecule has 0 bridgehead atoms. The Kier molecular flexibility index (Phi) is 5.54. The molecule has 0 saturated carbocycles. The van der Waals surface area contributed by atoms with Gasteiger partial charge < -0.3 is 19.9 Å². The lowest BCUT2D eigenvalue weighted by atomic mass is 10.1. The predicted molar refractivity (Wildman–Crippen MR) is 90.4 cm³/mol. The SMILES string of the molecule is COC(=O)c1ccc(NC(=O)c2c(Cl)ccc(Cl)c2OC)c(O)c1. The molecule has 0 unspecified atom stereocenters. The molecule has 0 spiro atoms. The predicted octanol–water partition coefficient (Wildman–Crippen LogP) is 3.75. The van der Waals surface area contributed by atoms with Crippen LogP contribution in [0.2, 0.25) is 10.0 Å². The third-order valence-electron chi connectivity index (χ3n) is 3.16. The number of anilines is 1. The van der Waals surface area contributed by atoms with Gasteiger partial charge in [-0.25, -0.2) is 4.79 Å². The topological polar surface area (TPSA) is 84.9 Å². The number of ether oxygens (including phenoxy) is 2. The molecule has 8 heteroatoms. The summed E-state index contributed by atoms with van der Waals surface area (Å²) < 4.78 is 9.66. The molecule has 2 aromatic rings. The van der Waals surface area contributed by atoms with E-state index < -0.39 is 11.9 Å². The highest BCUT2D eigenvalue weighted by Crippen LogP contribution is 2.35. The van der Waals surface area contributed by atoms with Gasteiger partial charge in [-0.3, -0.25) is 4.79 Å². The summed E-state index contributed by atoms with van der Waals surface area (Å²) in [6.07, 6.45) is 0. The summed E-state index contributed by atoms with van der Waals surface area (Å²) in [6, 6.07) is 6.91. The lowest BCUT2D eigenvalue weighted by Crippen LogP contribution is -2.14. The van der Waals surface area contributed by atoms with Crippen LogP contribution >= 0.6 is 23.2 Å².